The van der Waals surface area contributed by atoms with Crippen LogP contribution in [0, 0.1) is 5.82 Å². The lowest BCUT2D eigenvalue weighted by Gasteiger charge is -2.33. The van der Waals surface area contributed by atoms with Crippen LogP contribution in [0.25, 0.3) is 0 Å². The molecular formula is C13H15FO3. The maximum Gasteiger partial charge on any atom is 0.314 e. The third-order valence-corrected chi connectivity index (χ3v) is 3.58. The van der Waals surface area contributed by atoms with Crippen molar-refractivity contribution in [3.05, 3.63) is 29.6 Å². The first-order valence-corrected chi connectivity index (χ1v) is 5.79. The van der Waals surface area contributed by atoms with Crippen molar-refractivity contribution in [3.63, 3.8) is 0 Å². The van der Waals surface area contributed by atoms with Crippen LogP contribution in [0.3, 0.4) is 0 Å². The standard InChI is InChI=1S/C13H15FO3/c14-11-8-9(15)4-5-10(11)13(12(16)17)6-2-1-3-7-13/h4-5,8,15H,1-3,6-7H2,(H,16,17). The van der Waals surface area contributed by atoms with Crippen molar-refractivity contribution < 1.29 is 19.4 Å². The van der Waals surface area contributed by atoms with E-state index in [4.69, 9.17) is 0 Å². The van der Waals surface area contributed by atoms with Gasteiger partial charge in [0.1, 0.15) is 11.6 Å². The number of phenolic OH excluding ortho intramolecular Hbond substituents is 1. The molecule has 0 unspecified atom stereocenters. The average Bonchev–Trinajstić information content (AvgIpc) is 2.29. The first kappa shape index (κ1) is 11.9. The van der Waals surface area contributed by atoms with E-state index in [1.54, 1.807) is 0 Å². The SMILES string of the molecule is O=C(O)C1(c2ccc(O)cc2F)CCCCC1. The smallest absolute Gasteiger partial charge is 0.314 e. The lowest BCUT2D eigenvalue weighted by atomic mass is 9.69. The molecule has 0 saturated heterocycles. The van der Waals surface area contributed by atoms with Gasteiger partial charge in [-0.1, -0.05) is 25.3 Å². The molecule has 3 nitrogen and oxygen atoms in total. The van der Waals surface area contributed by atoms with Gasteiger partial charge in [0.15, 0.2) is 0 Å². The van der Waals surface area contributed by atoms with E-state index in [2.05, 4.69) is 0 Å². The highest BCUT2D eigenvalue weighted by Gasteiger charge is 2.43. The predicted molar refractivity (Wildman–Crippen MR) is 60.5 cm³/mol. The van der Waals surface area contributed by atoms with Crippen molar-refractivity contribution in [2.45, 2.75) is 37.5 Å². The van der Waals surface area contributed by atoms with Crippen LogP contribution in [0.5, 0.6) is 5.75 Å². The van der Waals surface area contributed by atoms with Crippen LogP contribution in [-0.2, 0) is 10.2 Å². The Morgan fingerprint density at radius 3 is 2.41 bits per heavy atom. The molecule has 1 saturated carbocycles. The summed E-state index contributed by atoms with van der Waals surface area (Å²) in [6.45, 7) is 0. The third kappa shape index (κ3) is 1.99. The fourth-order valence-electron chi connectivity index (χ4n) is 2.65. The van der Waals surface area contributed by atoms with E-state index in [1.165, 1.54) is 12.1 Å². The Balaban J connectivity index is 2.49. The summed E-state index contributed by atoms with van der Waals surface area (Å²) in [6, 6.07) is 3.72. The van der Waals surface area contributed by atoms with Crippen LogP contribution in [0.1, 0.15) is 37.7 Å². The normalized spacial score (nSPS) is 18.9. The summed E-state index contributed by atoms with van der Waals surface area (Å²) in [5, 5.41) is 18.6. The van der Waals surface area contributed by atoms with Crippen LogP contribution in [0.4, 0.5) is 4.39 Å². The number of halogens is 1. The third-order valence-electron chi connectivity index (χ3n) is 3.58. The van der Waals surface area contributed by atoms with E-state index < -0.39 is 17.2 Å². The van der Waals surface area contributed by atoms with Gasteiger partial charge in [-0.2, -0.15) is 0 Å². The van der Waals surface area contributed by atoms with E-state index in [0.29, 0.717) is 12.8 Å². The van der Waals surface area contributed by atoms with Crippen molar-refractivity contribution >= 4 is 5.97 Å². The molecule has 0 spiro atoms. The van der Waals surface area contributed by atoms with Crippen LogP contribution in [-0.4, -0.2) is 16.2 Å². The fourth-order valence-corrected chi connectivity index (χ4v) is 2.65. The minimum Gasteiger partial charge on any atom is -0.508 e. The second-order valence-electron chi connectivity index (χ2n) is 4.61. The minimum atomic E-state index is -1.12. The first-order chi connectivity index (χ1) is 8.06. The quantitative estimate of drug-likeness (QED) is 0.832. The number of carbonyl (C=O) groups is 1. The lowest BCUT2D eigenvalue weighted by molar-refractivity contribution is -0.145. The summed E-state index contributed by atoms with van der Waals surface area (Å²) in [5.74, 6) is -1.78. The maximum absolute atomic E-state index is 13.8. The Morgan fingerprint density at radius 1 is 1.24 bits per heavy atom. The molecule has 1 aliphatic rings. The average molecular weight is 238 g/mol. The van der Waals surface area contributed by atoms with Gasteiger partial charge in [0.2, 0.25) is 0 Å². The second kappa shape index (κ2) is 4.35. The molecule has 2 N–H and O–H groups in total. The van der Waals surface area contributed by atoms with Crippen LogP contribution in [0.15, 0.2) is 18.2 Å². The summed E-state index contributed by atoms with van der Waals surface area (Å²) in [5.41, 5.74) is -0.918. The van der Waals surface area contributed by atoms with Gasteiger partial charge in [0.05, 0.1) is 5.41 Å². The summed E-state index contributed by atoms with van der Waals surface area (Å²) < 4.78 is 13.8. The van der Waals surface area contributed by atoms with Crippen LogP contribution < -0.4 is 0 Å². The molecule has 0 bridgehead atoms. The van der Waals surface area contributed by atoms with Crippen molar-refractivity contribution in [1.82, 2.24) is 0 Å². The number of rotatable bonds is 2. The van der Waals surface area contributed by atoms with Crippen molar-refractivity contribution in [3.8, 4) is 5.75 Å². The minimum absolute atomic E-state index is 0.178. The van der Waals surface area contributed by atoms with Gasteiger partial charge in [0, 0.05) is 11.6 Å². The Labute approximate surface area is 98.9 Å². The highest BCUT2D eigenvalue weighted by Crippen LogP contribution is 2.41. The van der Waals surface area contributed by atoms with Crippen molar-refractivity contribution in [2.24, 2.45) is 0 Å². The molecule has 0 atom stereocenters. The maximum atomic E-state index is 13.8. The number of aromatic hydroxyl groups is 1. The Hall–Kier alpha value is -1.58. The molecule has 92 valence electrons. The molecule has 0 aliphatic heterocycles. The number of carboxylic acid groups (broad SMARTS) is 1. The summed E-state index contributed by atoms with van der Waals surface area (Å²) in [6.07, 6.45) is 3.52. The molecule has 1 aliphatic carbocycles. The van der Waals surface area contributed by atoms with E-state index in [0.717, 1.165) is 25.3 Å². The molecule has 0 amide bonds. The van der Waals surface area contributed by atoms with Crippen molar-refractivity contribution in [1.29, 1.82) is 0 Å². The summed E-state index contributed by atoms with van der Waals surface area (Å²) >= 11 is 0. The van der Waals surface area contributed by atoms with Gasteiger partial charge in [-0.3, -0.25) is 4.79 Å². The molecule has 17 heavy (non-hydrogen) atoms. The molecule has 0 heterocycles. The fraction of sp³-hybridized carbons (Fsp3) is 0.462. The lowest BCUT2D eigenvalue weighted by Crippen LogP contribution is -2.38. The Bertz CT molecular complexity index is 436. The molecular weight excluding hydrogens is 223 g/mol. The molecule has 2 rings (SSSR count). The number of benzene rings is 1. The zero-order valence-electron chi connectivity index (χ0n) is 9.45. The van der Waals surface area contributed by atoms with Crippen LogP contribution >= 0.6 is 0 Å². The zero-order chi connectivity index (χ0) is 12.5. The monoisotopic (exact) mass is 238 g/mol. The van der Waals surface area contributed by atoms with Gasteiger partial charge in [-0.15, -0.1) is 0 Å². The first-order valence-electron chi connectivity index (χ1n) is 5.79. The Morgan fingerprint density at radius 2 is 1.88 bits per heavy atom. The predicted octanol–water partition coefficient (Wildman–Crippen LogP) is 2.82. The molecule has 4 heteroatoms. The molecule has 1 aromatic carbocycles. The van der Waals surface area contributed by atoms with E-state index in [1.807, 2.05) is 0 Å². The summed E-state index contributed by atoms with van der Waals surface area (Å²) in [7, 11) is 0. The molecule has 1 fully saturated rings. The highest BCUT2D eigenvalue weighted by atomic mass is 19.1. The topological polar surface area (TPSA) is 57.5 Å². The number of carboxylic acids is 1. The van der Waals surface area contributed by atoms with Gasteiger partial charge in [-0.25, -0.2) is 4.39 Å². The molecule has 1 aromatic rings. The molecule has 0 radical (unpaired) electrons. The van der Waals surface area contributed by atoms with Gasteiger partial charge in [-0.05, 0) is 18.9 Å². The van der Waals surface area contributed by atoms with E-state index >= 15 is 0 Å². The largest absolute Gasteiger partial charge is 0.508 e. The second-order valence-corrected chi connectivity index (χ2v) is 4.61. The van der Waals surface area contributed by atoms with Crippen molar-refractivity contribution in [2.75, 3.05) is 0 Å². The summed E-state index contributed by atoms with van der Waals surface area (Å²) in [4.78, 5) is 11.5. The Kier molecular flexibility index (Phi) is 3.05. The highest BCUT2D eigenvalue weighted by molar-refractivity contribution is 5.81. The van der Waals surface area contributed by atoms with E-state index in [-0.39, 0.29) is 11.3 Å². The number of aliphatic carboxylic acids is 1. The van der Waals surface area contributed by atoms with Gasteiger partial charge < -0.3 is 10.2 Å². The number of phenols is 1. The van der Waals surface area contributed by atoms with Crippen LogP contribution in [0.2, 0.25) is 0 Å². The van der Waals surface area contributed by atoms with E-state index in [9.17, 15) is 19.4 Å². The van der Waals surface area contributed by atoms with Gasteiger partial charge in [0.25, 0.3) is 0 Å². The zero-order valence-corrected chi connectivity index (χ0v) is 9.45. The van der Waals surface area contributed by atoms with Gasteiger partial charge >= 0.3 is 5.97 Å². The molecule has 0 aromatic heterocycles. The number of hydrogen-bond acceptors (Lipinski definition) is 2. The number of hydrogen-bond donors (Lipinski definition) is 2.